The summed E-state index contributed by atoms with van der Waals surface area (Å²) in [6, 6.07) is 6.43. The van der Waals surface area contributed by atoms with Crippen LogP contribution in [0, 0.1) is 5.92 Å². The summed E-state index contributed by atoms with van der Waals surface area (Å²) in [5.74, 6) is 0.472. The zero-order chi connectivity index (χ0) is 17.3. The summed E-state index contributed by atoms with van der Waals surface area (Å²) < 4.78 is 22.9. The number of piperazine rings is 1. The van der Waals surface area contributed by atoms with Crippen LogP contribution in [0.1, 0.15) is 18.4 Å². The van der Waals surface area contributed by atoms with E-state index in [0.29, 0.717) is 26.2 Å². The largest absolute Gasteiger partial charge is 0.339 e. The Bertz CT molecular complexity index is 730. The highest BCUT2D eigenvalue weighted by atomic mass is 32.2. The van der Waals surface area contributed by atoms with Gasteiger partial charge in [-0.05, 0) is 30.5 Å². The van der Waals surface area contributed by atoms with Crippen LogP contribution >= 0.6 is 0 Å². The summed E-state index contributed by atoms with van der Waals surface area (Å²) in [5.41, 5.74) is 0.795. The zero-order valence-electron chi connectivity index (χ0n) is 13.8. The van der Waals surface area contributed by atoms with Crippen LogP contribution in [0.5, 0.6) is 0 Å². The Morgan fingerprint density at radius 1 is 1.00 bits per heavy atom. The Balaban J connectivity index is 1.53. The number of hydrogen-bond acceptors (Lipinski definition) is 4. The molecular formula is C17H22N2O4S. The third kappa shape index (κ3) is 3.95. The van der Waals surface area contributed by atoms with Crippen LogP contribution in [-0.2, 0) is 25.8 Å². The predicted molar refractivity (Wildman–Crippen MR) is 89.1 cm³/mol. The monoisotopic (exact) mass is 350 g/mol. The molecular weight excluding hydrogens is 328 g/mol. The molecule has 0 atom stereocenters. The predicted octanol–water partition coefficient (Wildman–Crippen LogP) is 0.713. The molecule has 130 valence electrons. The Morgan fingerprint density at radius 3 is 2.04 bits per heavy atom. The van der Waals surface area contributed by atoms with Gasteiger partial charge in [-0.2, -0.15) is 0 Å². The average molecular weight is 350 g/mol. The van der Waals surface area contributed by atoms with Crippen LogP contribution in [0.15, 0.2) is 29.2 Å². The van der Waals surface area contributed by atoms with Crippen molar-refractivity contribution in [1.82, 2.24) is 9.80 Å². The maximum absolute atomic E-state index is 12.4. The molecule has 0 radical (unpaired) electrons. The van der Waals surface area contributed by atoms with Crippen molar-refractivity contribution in [2.24, 2.45) is 5.92 Å². The Kier molecular flexibility index (Phi) is 4.62. The van der Waals surface area contributed by atoms with Gasteiger partial charge in [0.25, 0.3) is 0 Å². The van der Waals surface area contributed by atoms with Crippen molar-refractivity contribution in [3.63, 3.8) is 0 Å². The van der Waals surface area contributed by atoms with E-state index in [2.05, 4.69) is 0 Å². The van der Waals surface area contributed by atoms with Gasteiger partial charge in [-0.25, -0.2) is 8.42 Å². The summed E-state index contributed by atoms with van der Waals surface area (Å²) >= 11 is 0. The minimum Gasteiger partial charge on any atom is -0.339 e. The molecule has 1 saturated carbocycles. The lowest BCUT2D eigenvalue weighted by Gasteiger charge is -2.35. The molecule has 3 rings (SSSR count). The van der Waals surface area contributed by atoms with Gasteiger partial charge in [-0.1, -0.05) is 12.1 Å². The Labute approximate surface area is 142 Å². The van der Waals surface area contributed by atoms with Crippen LogP contribution in [0.25, 0.3) is 0 Å². The van der Waals surface area contributed by atoms with Gasteiger partial charge in [0.1, 0.15) is 0 Å². The van der Waals surface area contributed by atoms with Crippen molar-refractivity contribution >= 4 is 21.7 Å². The lowest BCUT2D eigenvalue weighted by atomic mass is 10.1. The molecule has 1 heterocycles. The van der Waals surface area contributed by atoms with Crippen molar-refractivity contribution in [2.75, 3.05) is 32.4 Å². The number of carbonyl (C=O) groups excluding carboxylic acids is 2. The van der Waals surface area contributed by atoms with Crippen molar-refractivity contribution in [2.45, 2.75) is 24.2 Å². The number of nitrogens with zero attached hydrogens (tertiary/aromatic N) is 2. The van der Waals surface area contributed by atoms with E-state index in [4.69, 9.17) is 0 Å². The molecule has 0 bridgehead atoms. The number of benzene rings is 1. The van der Waals surface area contributed by atoms with Crippen LogP contribution in [0.4, 0.5) is 0 Å². The Morgan fingerprint density at radius 2 is 1.54 bits per heavy atom. The van der Waals surface area contributed by atoms with E-state index in [-0.39, 0.29) is 29.0 Å². The van der Waals surface area contributed by atoms with Crippen molar-refractivity contribution in [1.29, 1.82) is 0 Å². The molecule has 0 N–H and O–H groups in total. The number of sulfone groups is 1. The van der Waals surface area contributed by atoms with E-state index in [1.807, 2.05) is 4.90 Å². The van der Waals surface area contributed by atoms with Gasteiger partial charge < -0.3 is 9.80 Å². The van der Waals surface area contributed by atoms with Crippen LogP contribution < -0.4 is 0 Å². The first-order valence-electron chi connectivity index (χ1n) is 8.20. The smallest absolute Gasteiger partial charge is 0.227 e. The molecule has 2 fully saturated rings. The molecule has 1 aliphatic carbocycles. The highest BCUT2D eigenvalue weighted by molar-refractivity contribution is 7.90. The molecule has 7 heteroatoms. The third-order valence-corrected chi connectivity index (χ3v) is 5.71. The highest BCUT2D eigenvalue weighted by Crippen LogP contribution is 2.31. The summed E-state index contributed by atoms with van der Waals surface area (Å²) in [7, 11) is -3.22. The number of rotatable bonds is 4. The van der Waals surface area contributed by atoms with E-state index in [0.717, 1.165) is 24.7 Å². The lowest BCUT2D eigenvalue weighted by molar-refractivity contribution is -0.140. The first-order valence-corrected chi connectivity index (χ1v) is 10.1. The average Bonchev–Trinajstić information content (AvgIpc) is 3.39. The number of amides is 2. The molecule has 6 nitrogen and oxygen atoms in total. The van der Waals surface area contributed by atoms with Crippen LogP contribution in [0.2, 0.25) is 0 Å². The summed E-state index contributed by atoms with van der Waals surface area (Å²) in [6.45, 7) is 2.35. The minimum atomic E-state index is -3.22. The Hall–Kier alpha value is -1.89. The molecule has 1 aromatic carbocycles. The van der Waals surface area contributed by atoms with Gasteiger partial charge in [0.15, 0.2) is 9.84 Å². The summed E-state index contributed by atoms with van der Waals surface area (Å²) in [4.78, 5) is 28.3. The molecule has 1 saturated heterocycles. The lowest BCUT2D eigenvalue weighted by Crippen LogP contribution is -2.51. The normalized spacial score (nSPS) is 18.5. The number of carbonyl (C=O) groups is 2. The molecule has 0 spiro atoms. The second-order valence-electron chi connectivity index (χ2n) is 6.57. The minimum absolute atomic E-state index is 0.0145. The maximum atomic E-state index is 12.4. The van der Waals surface area contributed by atoms with Gasteiger partial charge in [-0.15, -0.1) is 0 Å². The fourth-order valence-corrected chi connectivity index (χ4v) is 3.54. The quantitative estimate of drug-likeness (QED) is 0.802. The molecule has 2 amide bonds. The first-order chi connectivity index (χ1) is 11.3. The summed E-state index contributed by atoms with van der Waals surface area (Å²) in [5, 5.41) is 0. The van der Waals surface area contributed by atoms with Gasteiger partial charge in [0.2, 0.25) is 11.8 Å². The van der Waals surface area contributed by atoms with E-state index in [1.54, 1.807) is 17.0 Å². The third-order valence-electron chi connectivity index (χ3n) is 4.58. The summed E-state index contributed by atoms with van der Waals surface area (Å²) in [6.07, 6.45) is 3.42. The van der Waals surface area contributed by atoms with E-state index < -0.39 is 9.84 Å². The van der Waals surface area contributed by atoms with Gasteiger partial charge in [-0.3, -0.25) is 9.59 Å². The van der Waals surface area contributed by atoms with Crippen LogP contribution in [0.3, 0.4) is 0 Å². The zero-order valence-corrected chi connectivity index (χ0v) is 14.6. The molecule has 0 unspecified atom stereocenters. The van der Waals surface area contributed by atoms with Crippen molar-refractivity contribution < 1.29 is 18.0 Å². The van der Waals surface area contributed by atoms with Gasteiger partial charge in [0, 0.05) is 38.4 Å². The highest BCUT2D eigenvalue weighted by Gasteiger charge is 2.35. The van der Waals surface area contributed by atoms with E-state index in [1.165, 1.54) is 12.1 Å². The second-order valence-corrected chi connectivity index (χ2v) is 8.59. The molecule has 1 aromatic rings. The van der Waals surface area contributed by atoms with Gasteiger partial charge in [0.05, 0.1) is 11.3 Å². The molecule has 1 aliphatic heterocycles. The topological polar surface area (TPSA) is 74.8 Å². The fourth-order valence-electron chi connectivity index (χ4n) is 2.91. The standard InChI is InChI=1S/C17H22N2O4S/c1-24(22,23)15-6-2-13(3-7-15)12-16(20)18-8-10-19(11-9-18)17(21)14-4-5-14/h2-3,6-7,14H,4-5,8-12H2,1H3. The SMILES string of the molecule is CS(=O)(=O)c1ccc(CC(=O)N2CCN(C(=O)C3CC3)CC2)cc1. The molecule has 0 aromatic heterocycles. The van der Waals surface area contributed by atoms with E-state index >= 15 is 0 Å². The van der Waals surface area contributed by atoms with Crippen molar-refractivity contribution in [3.8, 4) is 0 Å². The molecule has 2 aliphatic rings. The number of hydrogen-bond donors (Lipinski definition) is 0. The fraction of sp³-hybridized carbons (Fsp3) is 0.529. The molecule has 24 heavy (non-hydrogen) atoms. The van der Waals surface area contributed by atoms with Crippen molar-refractivity contribution in [3.05, 3.63) is 29.8 Å². The van der Waals surface area contributed by atoms with Gasteiger partial charge >= 0.3 is 0 Å². The van der Waals surface area contributed by atoms with Crippen LogP contribution in [-0.4, -0.2) is 62.5 Å². The maximum Gasteiger partial charge on any atom is 0.227 e. The first kappa shape index (κ1) is 17.0. The van der Waals surface area contributed by atoms with E-state index in [9.17, 15) is 18.0 Å². The second kappa shape index (κ2) is 6.55.